The van der Waals surface area contributed by atoms with Gasteiger partial charge in [0, 0.05) is 24.0 Å². The number of anilines is 2. The lowest BCUT2D eigenvalue weighted by molar-refractivity contribution is -0.134. The average Bonchev–Trinajstić information content (AvgIpc) is 2.95. The minimum atomic E-state index is -0.269. The number of benzene rings is 1. The molecule has 1 unspecified atom stereocenters. The lowest BCUT2D eigenvalue weighted by Crippen LogP contribution is -2.47. The SMILES string of the molecule is CCN(C(=O)C(C)Nc1ccc2c(c1)CC(=O)N2)C1CCCCC1. The summed E-state index contributed by atoms with van der Waals surface area (Å²) in [5.41, 5.74) is 2.76. The van der Waals surface area contributed by atoms with E-state index in [0.29, 0.717) is 12.5 Å². The lowest BCUT2D eigenvalue weighted by atomic mass is 9.94. The summed E-state index contributed by atoms with van der Waals surface area (Å²) in [6.07, 6.45) is 6.40. The molecular formula is C19H27N3O2. The van der Waals surface area contributed by atoms with E-state index >= 15 is 0 Å². The monoisotopic (exact) mass is 329 g/mol. The molecule has 1 saturated carbocycles. The minimum absolute atomic E-state index is 0.0285. The van der Waals surface area contributed by atoms with Crippen molar-refractivity contribution < 1.29 is 9.59 Å². The van der Waals surface area contributed by atoms with Crippen molar-refractivity contribution >= 4 is 23.2 Å². The Morgan fingerprint density at radius 3 is 2.79 bits per heavy atom. The predicted octanol–water partition coefficient (Wildman–Crippen LogP) is 3.16. The molecule has 0 spiro atoms. The number of nitrogens with one attached hydrogen (secondary N) is 2. The Morgan fingerprint density at radius 2 is 2.08 bits per heavy atom. The van der Waals surface area contributed by atoms with Crippen LogP contribution in [0.15, 0.2) is 18.2 Å². The van der Waals surface area contributed by atoms with Crippen LogP contribution in [-0.4, -0.2) is 35.3 Å². The molecule has 0 bridgehead atoms. The third-order valence-electron chi connectivity index (χ3n) is 5.12. The number of likely N-dealkylation sites (N-methyl/N-ethyl adjacent to an activating group) is 1. The highest BCUT2D eigenvalue weighted by Gasteiger charge is 2.27. The van der Waals surface area contributed by atoms with Crippen LogP contribution in [0.25, 0.3) is 0 Å². The standard InChI is InChI=1S/C19H27N3O2/c1-3-22(16-7-5-4-6-8-16)19(24)13(2)20-15-9-10-17-14(11-15)12-18(23)21-17/h9-11,13,16,20H,3-8,12H2,1-2H3,(H,21,23). The number of carbonyl (C=O) groups is 2. The highest BCUT2D eigenvalue weighted by molar-refractivity contribution is 5.99. The molecule has 2 amide bonds. The molecule has 5 nitrogen and oxygen atoms in total. The zero-order chi connectivity index (χ0) is 17.1. The second kappa shape index (κ2) is 7.24. The maximum Gasteiger partial charge on any atom is 0.245 e. The summed E-state index contributed by atoms with van der Waals surface area (Å²) in [5.74, 6) is 0.194. The molecule has 1 fully saturated rings. The van der Waals surface area contributed by atoms with E-state index in [0.717, 1.165) is 36.3 Å². The van der Waals surface area contributed by atoms with Crippen molar-refractivity contribution in [2.45, 2.75) is 64.5 Å². The van der Waals surface area contributed by atoms with Crippen molar-refractivity contribution in [1.29, 1.82) is 0 Å². The smallest absolute Gasteiger partial charge is 0.245 e. The van der Waals surface area contributed by atoms with Crippen LogP contribution in [0.5, 0.6) is 0 Å². The fourth-order valence-corrected chi connectivity index (χ4v) is 3.87. The molecule has 3 rings (SSSR count). The molecule has 5 heteroatoms. The van der Waals surface area contributed by atoms with Crippen molar-refractivity contribution in [3.63, 3.8) is 0 Å². The van der Waals surface area contributed by atoms with Crippen LogP contribution in [-0.2, 0) is 16.0 Å². The minimum Gasteiger partial charge on any atom is -0.374 e. The second-order valence-electron chi connectivity index (χ2n) is 6.88. The number of fused-ring (bicyclic) bond motifs is 1. The molecule has 2 N–H and O–H groups in total. The first-order valence-electron chi connectivity index (χ1n) is 9.08. The lowest BCUT2D eigenvalue weighted by Gasteiger charge is -2.35. The van der Waals surface area contributed by atoms with E-state index in [1.165, 1.54) is 19.3 Å². The van der Waals surface area contributed by atoms with Gasteiger partial charge < -0.3 is 15.5 Å². The first kappa shape index (κ1) is 16.8. The van der Waals surface area contributed by atoms with Gasteiger partial charge in [0.2, 0.25) is 11.8 Å². The summed E-state index contributed by atoms with van der Waals surface area (Å²) in [7, 11) is 0. The average molecular weight is 329 g/mol. The van der Waals surface area contributed by atoms with Gasteiger partial charge >= 0.3 is 0 Å². The maximum atomic E-state index is 12.9. The first-order chi connectivity index (χ1) is 11.6. The topological polar surface area (TPSA) is 61.4 Å². The largest absolute Gasteiger partial charge is 0.374 e. The van der Waals surface area contributed by atoms with E-state index in [9.17, 15) is 9.59 Å². The molecule has 1 aliphatic carbocycles. The molecule has 0 aromatic heterocycles. The number of amides is 2. The van der Waals surface area contributed by atoms with E-state index in [-0.39, 0.29) is 17.9 Å². The van der Waals surface area contributed by atoms with Crippen LogP contribution in [0.1, 0.15) is 51.5 Å². The van der Waals surface area contributed by atoms with E-state index in [1.54, 1.807) is 0 Å². The molecule has 0 saturated heterocycles. The van der Waals surface area contributed by atoms with Crippen molar-refractivity contribution in [3.05, 3.63) is 23.8 Å². The number of rotatable bonds is 5. The van der Waals surface area contributed by atoms with Gasteiger partial charge in [0.1, 0.15) is 6.04 Å². The van der Waals surface area contributed by atoms with Crippen LogP contribution in [0.2, 0.25) is 0 Å². The summed E-state index contributed by atoms with van der Waals surface area (Å²) < 4.78 is 0. The quantitative estimate of drug-likeness (QED) is 0.872. The zero-order valence-electron chi connectivity index (χ0n) is 14.6. The third kappa shape index (κ3) is 3.55. The Kier molecular flexibility index (Phi) is 5.07. The van der Waals surface area contributed by atoms with Gasteiger partial charge in [-0.05, 0) is 50.5 Å². The summed E-state index contributed by atoms with van der Waals surface area (Å²) in [4.78, 5) is 26.4. The highest BCUT2D eigenvalue weighted by Crippen LogP contribution is 2.27. The fourth-order valence-electron chi connectivity index (χ4n) is 3.87. The van der Waals surface area contributed by atoms with E-state index < -0.39 is 0 Å². The van der Waals surface area contributed by atoms with E-state index in [1.807, 2.05) is 30.0 Å². The van der Waals surface area contributed by atoms with Crippen LogP contribution in [0, 0.1) is 0 Å². The van der Waals surface area contributed by atoms with Crippen LogP contribution >= 0.6 is 0 Å². The molecule has 1 aliphatic heterocycles. The number of nitrogens with zero attached hydrogens (tertiary/aromatic N) is 1. The molecule has 1 atom stereocenters. The van der Waals surface area contributed by atoms with Gasteiger partial charge in [-0.25, -0.2) is 0 Å². The summed E-state index contributed by atoms with van der Waals surface area (Å²) in [6, 6.07) is 5.91. The molecular weight excluding hydrogens is 302 g/mol. The first-order valence-corrected chi connectivity index (χ1v) is 9.08. The Hall–Kier alpha value is -2.04. The fraction of sp³-hybridized carbons (Fsp3) is 0.579. The normalized spacial score (nSPS) is 18.7. The molecule has 1 aromatic rings. The Bertz CT molecular complexity index is 623. The Morgan fingerprint density at radius 1 is 1.33 bits per heavy atom. The van der Waals surface area contributed by atoms with E-state index in [4.69, 9.17) is 0 Å². The highest BCUT2D eigenvalue weighted by atomic mass is 16.2. The number of hydrogen-bond acceptors (Lipinski definition) is 3. The van der Waals surface area contributed by atoms with Crippen molar-refractivity contribution in [2.24, 2.45) is 0 Å². The molecule has 24 heavy (non-hydrogen) atoms. The van der Waals surface area contributed by atoms with Gasteiger partial charge in [0.15, 0.2) is 0 Å². The van der Waals surface area contributed by atoms with Crippen molar-refractivity contribution in [1.82, 2.24) is 4.90 Å². The van der Waals surface area contributed by atoms with Crippen LogP contribution < -0.4 is 10.6 Å². The summed E-state index contributed by atoms with van der Waals surface area (Å²) >= 11 is 0. The zero-order valence-corrected chi connectivity index (χ0v) is 14.6. The third-order valence-corrected chi connectivity index (χ3v) is 5.12. The predicted molar refractivity (Wildman–Crippen MR) is 96.1 cm³/mol. The van der Waals surface area contributed by atoms with Crippen LogP contribution in [0.3, 0.4) is 0 Å². The van der Waals surface area contributed by atoms with Crippen LogP contribution in [0.4, 0.5) is 11.4 Å². The second-order valence-corrected chi connectivity index (χ2v) is 6.88. The Labute approximate surface area is 143 Å². The molecule has 1 heterocycles. The molecule has 0 radical (unpaired) electrons. The molecule has 130 valence electrons. The number of hydrogen-bond donors (Lipinski definition) is 2. The van der Waals surface area contributed by atoms with Gasteiger partial charge in [-0.15, -0.1) is 0 Å². The van der Waals surface area contributed by atoms with Crippen molar-refractivity contribution in [2.75, 3.05) is 17.2 Å². The van der Waals surface area contributed by atoms with Gasteiger partial charge in [0.05, 0.1) is 6.42 Å². The van der Waals surface area contributed by atoms with Gasteiger partial charge in [-0.2, -0.15) is 0 Å². The van der Waals surface area contributed by atoms with Gasteiger partial charge in [0.25, 0.3) is 0 Å². The van der Waals surface area contributed by atoms with Crippen molar-refractivity contribution in [3.8, 4) is 0 Å². The molecule has 1 aromatic carbocycles. The summed E-state index contributed by atoms with van der Waals surface area (Å²) in [5, 5.41) is 6.14. The van der Waals surface area contributed by atoms with Gasteiger partial charge in [-0.1, -0.05) is 19.3 Å². The Balaban J connectivity index is 1.65. The number of carbonyl (C=O) groups excluding carboxylic acids is 2. The molecule has 2 aliphatic rings. The van der Waals surface area contributed by atoms with Gasteiger partial charge in [-0.3, -0.25) is 9.59 Å². The summed E-state index contributed by atoms with van der Waals surface area (Å²) in [6.45, 7) is 4.74. The van der Waals surface area contributed by atoms with E-state index in [2.05, 4.69) is 17.6 Å². The maximum absolute atomic E-state index is 12.9.